The minimum absolute atomic E-state index is 0.0585. The lowest BCUT2D eigenvalue weighted by molar-refractivity contribution is -0.123. The van der Waals surface area contributed by atoms with E-state index in [0.29, 0.717) is 23.4 Å². The molecule has 1 atom stereocenters. The maximum atomic E-state index is 13.1. The number of rotatable bonds is 9. The van der Waals surface area contributed by atoms with Crippen LogP contribution in [0.25, 0.3) is 0 Å². The van der Waals surface area contributed by atoms with Gasteiger partial charge in [-0.1, -0.05) is 42.6 Å². The Labute approximate surface area is 221 Å². The summed E-state index contributed by atoms with van der Waals surface area (Å²) in [4.78, 5) is 25.4. The molecule has 0 spiro atoms. The molecular formula is C28H29ClN4O4. The highest BCUT2D eigenvalue weighted by Crippen LogP contribution is 2.34. The molecule has 0 saturated heterocycles. The van der Waals surface area contributed by atoms with E-state index in [-0.39, 0.29) is 22.1 Å². The fraction of sp³-hybridized carbons (Fsp3) is 0.250. The molecule has 0 saturated carbocycles. The molecule has 0 fully saturated rings. The van der Waals surface area contributed by atoms with E-state index < -0.39 is 18.0 Å². The first-order chi connectivity index (χ1) is 17.7. The number of nitrogens with zero attached hydrogens (tertiary/aromatic N) is 1. The molecule has 1 unspecified atom stereocenters. The first kappa shape index (κ1) is 27.4. The number of carbonyl (C=O) groups excluding carboxylic acids is 2. The Morgan fingerprint density at radius 1 is 1.03 bits per heavy atom. The van der Waals surface area contributed by atoms with E-state index in [0.717, 1.165) is 24.0 Å². The summed E-state index contributed by atoms with van der Waals surface area (Å²) >= 11 is 6.37. The molecule has 3 amide bonds. The second-order valence-electron chi connectivity index (χ2n) is 8.62. The Morgan fingerprint density at radius 3 is 2.41 bits per heavy atom. The quantitative estimate of drug-likeness (QED) is 0.232. The Morgan fingerprint density at radius 2 is 1.76 bits per heavy atom. The summed E-state index contributed by atoms with van der Waals surface area (Å²) < 4.78 is 6.05. The number of halogens is 1. The van der Waals surface area contributed by atoms with Crippen molar-refractivity contribution in [3.05, 3.63) is 76.3 Å². The van der Waals surface area contributed by atoms with Crippen LogP contribution in [0.5, 0.6) is 11.5 Å². The number of anilines is 3. The number of nitrogens with one attached hydrogen (secondary N) is 3. The van der Waals surface area contributed by atoms with Crippen LogP contribution in [0, 0.1) is 25.2 Å². The summed E-state index contributed by atoms with van der Waals surface area (Å²) in [5.41, 5.74) is 3.20. The van der Waals surface area contributed by atoms with Crippen LogP contribution in [-0.4, -0.2) is 23.1 Å². The van der Waals surface area contributed by atoms with Gasteiger partial charge in [0, 0.05) is 11.8 Å². The third-order valence-electron chi connectivity index (χ3n) is 5.58. The minimum atomic E-state index is -0.754. The van der Waals surface area contributed by atoms with Gasteiger partial charge in [0.2, 0.25) is 0 Å². The molecular weight excluding hydrogens is 492 g/mol. The highest BCUT2D eigenvalue weighted by molar-refractivity contribution is 6.34. The van der Waals surface area contributed by atoms with Crippen molar-refractivity contribution in [1.82, 2.24) is 0 Å². The molecule has 0 aliphatic heterocycles. The van der Waals surface area contributed by atoms with Gasteiger partial charge in [-0.15, -0.1) is 0 Å². The Bertz CT molecular complexity index is 1320. The van der Waals surface area contributed by atoms with Gasteiger partial charge in [-0.05, 0) is 68.7 Å². The zero-order chi connectivity index (χ0) is 26.9. The molecule has 192 valence electrons. The molecule has 37 heavy (non-hydrogen) atoms. The van der Waals surface area contributed by atoms with Crippen molar-refractivity contribution in [2.75, 3.05) is 16.0 Å². The fourth-order valence-electron chi connectivity index (χ4n) is 3.60. The molecule has 3 rings (SSSR count). The van der Waals surface area contributed by atoms with Gasteiger partial charge in [-0.25, -0.2) is 4.79 Å². The van der Waals surface area contributed by atoms with Crippen molar-refractivity contribution in [2.24, 2.45) is 0 Å². The normalized spacial score (nSPS) is 11.2. The largest absolute Gasteiger partial charge is 0.506 e. The number of carbonyl (C=O) groups is 2. The molecule has 3 aromatic rings. The van der Waals surface area contributed by atoms with Gasteiger partial charge in [0.15, 0.2) is 6.10 Å². The molecule has 8 nitrogen and oxygen atoms in total. The number of unbranched alkanes of at least 4 members (excludes halogenated alkanes) is 1. The number of urea groups is 1. The predicted octanol–water partition coefficient (Wildman–Crippen LogP) is 6.75. The lowest BCUT2D eigenvalue weighted by Crippen LogP contribution is -2.33. The van der Waals surface area contributed by atoms with Gasteiger partial charge in [-0.2, -0.15) is 5.26 Å². The first-order valence-corrected chi connectivity index (χ1v) is 12.2. The molecule has 0 aliphatic carbocycles. The highest BCUT2D eigenvalue weighted by Gasteiger charge is 2.23. The van der Waals surface area contributed by atoms with Crippen LogP contribution in [0.3, 0.4) is 0 Å². The zero-order valence-electron chi connectivity index (χ0n) is 20.9. The third kappa shape index (κ3) is 7.63. The molecule has 0 aromatic heterocycles. The first-order valence-electron chi connectivity index (χ1n) is 11.9. The van der Waals surface area contributed by atoms with Crippen molar-refractivity contribution in [3.8, 4) is 17.6 Å². The highest BCUT2D eigenvalue weighted by atomic mass is 35.5. The molecule has 3 aromatic carbocycles. The number of benzene rings is 3. The maximum absolute atomic E-state index is 13.1. The molecule has 9 heteroatoms. The monoisotopic (exact) mass is 520 g/mol. The predicted molar refractivity (Wildman–Crippen MR) is 145 cm³/mol. The Kier molecular flexibility index (Phi) is 9.36. The maximum Gasteiger partial charge on any atom is 0.323 e. The average molecular weight is 521 g/mol. The summed E-state index contributed by atoms with van der Waals surface area (Å²) in [7, 11) is 0. The molecule has 4 N–H and O–H groups in total. The third-order valence-corrected chi connectivity index (χ3v) is 5.89. The van der Waals surface area contributed by atoms with Crippen LogP contribution in [0.2, 0.25) is 5.02 Å². The summed E-state index contributed by atoms with van der Waals surface area (Å²) in [6, 6.07) is 16.1. The minimum Gasteiger partial charge on any atom is -0.506 e. The van der Waals surface area contributed by atoms with E-state index in [2.05, 4.69) is 16.0 Å². The van der Waals surface area contributed by atoms with Gasteiger partial charge in [0.1, 0.15) is 11.5 Å². The number of amides is 3. The second-order valence-corrected chi connectivity index (χ2v) is 9.03. The Hall–Kier alpha value is -4.22. The number of nitriles is 1. The SMILES string of the molecule is CCCCC(Oc1ccc(C)cc1C)C(=O)Nc1cc(O)c(NC(=O)Nc2ccc(C#N)cc2)cc1Cl. The van der Waals surface area contributed by atoms with E-state index in [1.807, 2.05) is 45.0 Å². The smallest absolute Gasteiger partial charge is 0.323 e. The fourth-order valence-corrected chi connectivity index (χ4v) is 3.81. The summed E-state index contributed by atoms with van der Waals surface area (Å²) in [6.07, 6.45) is 1.44. The van der Waals surface area contributed by atoms with Crippen LogP contribution in [0.4, 0.5) is 21.9 Å². The van der Waals surface area contributed by atoms with Gasteiger partial charge in [0.25, 0.3) is 5.91 Å². The Balaban J connectivity index is 1.70. The van der Waals surface area contributed by atoms with Crippen LogP contribution in [0.1, 0.15) is 42.9 Å². The van der Waals surface area contributed by atoms with Gasteiger partial charge in [-0.3, -0.25) is 4.79 Å². The summed E-state index contributed by atoms with van der Waals surface area (Å²) in [6.45, 7) is 5.95. The number of hydrogen-bond donors (Lipinski definition) is 4. The van der Waals surface area contributed by atoms with Crippen molar-refractivity contribution in [1.29, 1.82) is 5.26 Å². The van der Waals surface area contributed by atoms with E-state index in [1.54, 1.807) is 24.3 Å². The number of aryl methyl sites for hydroxylation is 2. The van der Waals surface area contributed by atoms with Crippen molar-refractivity contribution >= 4 is 40.6 Å². The molecule has 0 heterocycles. The second kappa shape index (κ2) is 12.7. The number of ether oxygens (including phenoxy) is 1. The van der Waals surface area contributed by atoms with Gasteiger partial charge in [0.05, 0.1) is 28.0 Å². The number of phenolic OH excluding ortho intramolecular Hbond substituents is 1. The summed E-state index contributed by atoms with van der Waals surface area (Å²) in [5.74, 6) is -0.0484. The van der Waals surface area contributed by atoms with Crippen molar-refractivity contribution in [3.63, 3.8) is 0 Å². The van der Waals surface area contributed by atoms with Gasteiger partial charge < -0.3 is 25.8 Å². The van der Waals surface area contributed by atoms with E-state index in [4.69, 9.17) is 21.6 Å². The van der Waals surface area contributed by atoms with Crippen molar-refractivity contribution < 1.29 is 19.4 Å². The van der Waals surface area contributed by atoms with Crippen LogP contribution >= 0.6 is 11.6 Å². The zero-order valence-corrected chi connectivity index (χ0v) is 21.6. The topological polar surface area (TPSA) is 123 Å². The standard InChI is InChI=1S/C28H29ClN4O4/c1-4-5-6-26(37-25-12-7-17(2)13-18(25)3)27(35)32-22-15-24(34)23(14-21(22)29)33-28(36)31-20-10-8-19(16-30)9-11-20/h7-15,26,34H,4-6H2,1-3H3,(H,32,35)(H2,31,33,36). The van der Waals surface area contributed by atoms with Crippen LogP contribution in [0.15, 0.2) is 54.6 Å². The molecule has 0 aliphatic rings. The number of hydrogen-bond acceptors (Lipinski definition) is 5. The van der Waals surface area contributed by atoms with E-state index in [1.165, 1.54) is 12.1 Å². The van der Waals surface area contributed by atoms with Crippen molar-refractivity contribution in [2.45, 2.75) is 46.1 Å². The average Bonchev–Trinajstić information content (AvgIpc) is 2.86. The summed E-state index contributed by atoms with van der Waals surface area (Å²) in [5, 5.41) is 27.3. The number of aromatic hydroxyl groups is 1. The lowest BCUT2D eigenvalue weighted by atomic mass is 10.1. The van der Waals surface area contributed by atoms with Gasteiger partial charge >= 0.3 is 6.03 Å². The number of phenols is 1. The molecule has 0 bridgehead atoms. The van der Waals surface area contributed by atoms with Crippen LogP contribution < -0.4 is 20.7 Å². The molecule has 0 radical (unpaired) electrons. The van der Waals surface area contributed by atoms with Crippen LogP contribution in [-0.2, 0) is 4.79 Å². The lowest BCUT2D eigenvalue weighted by Gasteiger charge is -2.21. The van der Waals surface area contributed by atoms with E-state index >= 15 is 0 Å². The van der Waals surface area contributed by atoms with E-state index in [9.17, 15) is 14.7 Å².